The molecule has 0 aliphatic carbocycles. The molecule has 13 heteroatoms. The summed E-state index contributed by atoms with van der Waals surface area (Å²) in [4.78, 5) is 32.6. The van der Waals surface area contributed by atoms with E-state index in [0.717, 1.165) is 10.0 Å². The summed E-state index contributed by atoms with van der Waals surface area (Å²) in [6, 6.07) is 5.55. The number of methoxy groups -OCH3 is 2. The van der Waals surface area contributed by atoms with E-state index in [0.29, 0.717) is 36.8 Å². The molecular weight excluding hydrogens is 510 g/mol. The smallest absolute Gasteiger partial charge is 0.374 e. The van der Waals surface area contributed by atoms with Gasteiger partial charge in [-0.05, 0) is 33.6 Å². The number of carbonyl (C=O) groups is 2. The van der Waals surface area contributed by atoms with Gasteiger partial charge in [-0.1, -0.05) is 32.8 Å². The lowest BCUT2D eigenvalue weighted by Crippen LogP contribution is -2.37. The third kappa shape index (κ3) is 10.3. The Kier molecular flexibility index (Phi) is 13.8. The summed E-state index contributed by atoms with van der Waals surface area (Å²) in [7, 11) is 7.39. The van der Waals surface area contributed by atoms with Gasteiger partial charge in [0, 0.05) is 24.5 Å². The van der Waals surface area contributed by atoms with Crippen LogP contribution < -0.4 is 21.3 Å². The fourth-order valence-electron chi connectivity index (χ4n) is 2.16. The van der Waals surface area contributed by atoms with Crippen LogP contribution in [0.25, 0.3) is 0 Å². The highest BCUT2D eigenvalue weighted by Crippen LogP contribution is 2.25. The molecule has 4 N–H and O–H groups in total. The molecule has 10 nitrogen and oxygen atoms in total. The molecule has 0 saturated carbocycles. The average molecular weight is 536 g/mol. The SMILES string of the molecule is CO/N=C(\Cc1ccc(OC)c(Br)c1)C(=O)NCCSSCCN=C(NN)C(=O)OC. The maximum absolute atomic E-state index is 12.4. The number of aliphatic imine (C=N–C) groups is 1. The van der Waals surface area contributed by atoms with Crippen molar-refractivity contribution < 1.29 is 23.9 Å². The second-order valence-corrected chi connectivity index (χ2v) is 9.19. The first-order valence-corrected chi connectivity index (χ1v) is 12.3. The summed E-state index contributed by atoms with van der Waals surface area (Å²) in [5.41, 5.74) is 3.37. The Labute approximate surface area is 197 Å². The van der Waals surface area contributed by atoms with Crippen LogP contribution in [0, 0.1) is 0 Å². The molecule has 0 aliphatic rings. The van der Waals surface area contributed by atoms with E-state index in [2.05, 4.69) is 41.6 Å². The molecule has 0 aromatic heterocycles. The summed E-state index contributed by atoms with van der Waals surface area (Å²) in [6.07, 6.45) is 0.319. The molecule has 0 unspecified atom stereocenters. The molecular formula is C18H26BrN5O5S2. The number of amidine groups is 1. The van der Waals surface area contributed by atoms with Crippen molar-refractivity contribution in [3.8, 4) is 5.75 Å². The zero-order valence-corrected chi connectivity index (χ0v) is 20.7. The number of rotatable bonds is 12. The van der Waals surface area contributed by atoms with Crippen LogP contribution in [-0.4, -0.2) is 69.3 Å². The Bertz CT molecular complexity index is 795. The van der Waals surface area contributed by atoms with E-state index in [1.165, 1.54) is 14.2 Å². The van der Waals surface area contributed by atoms with Gasteiger partial charge in [0.2, 0.25) is 5.84 Å². The molecule has 0 spiro atoms. The number of carbonyl (C=O) groups excluding carboxylic acids is 2. The lowest BCUT2D eigenvalue weighted by Gasteiger charge is -2.09. The van der Waals surface area contributed by atoms with Crippen molar-refractivity contribution in [2.24, 2.45) is 16.0 Å². The first kappa shape index (κ1) is 27.1. The van der Waals surface area contributed by atoms with Crippen LogP contribution in [-0.2, 0) is 25.6 Å². The van der Waals surface area contributed by atoms with Crippen LogP contribution >= 0.6 is 37.5 Å². The lowest BCUT2D eigenvalue weighted by molar-refractivity contribution is -0.133. The van der Waals surface area contributed by atoms with Crippen LogP contribution in [0.4, 0.5) is 0 Å². The average Bonchev–Trinajstić information content (AvgIpc) is 2.77. The molecule has 31 heavy (non-hydrogen) atoms. The third-order valence-corrected chi connectivity index (χ3v) is 6.57. The number of nitrogens with zero attached hydrogens (tertiary/aromatic N) is 2. The monoisotopic (exact) mass is 535 g/mol. The lowest BCUT2D eigenvalue weighted by atomic mass is 10.1. The van der Waals surface area contributed by atoms with E-state index in [1.54, 1.807) is 28.7 Å². The highest BCUT2D eigenvalue weighted by atomic mass is 79.9. The quantitative estimate of drug-likeness (QED) is 0.0691. The van der Waals surface area contributed by atoms with Crippen molar-refractivity contribution in [2.75, 3.05) is 45.9 Å². The molecule has 0 atom stereocenters. The fourth-order valence-corrected chi connectivity index (χ4v) is 4.52. The molecule has 1 rings (SSSR count). The van der Waals surface area contributed by atoms with Gasteiger partial charge < -0.3 is 25.1 Å². The van der Waals surface area contributed by atoms with Crippen molar-refractivity contribution >= 4 is 60.9 Å². The van der Waals surface area contributed by atoms with Gasteiger partial charge in [-0.25, -0.2) is 10.6 Å². The van der Waals surface area contributed by atoms with Crippen LogP contribution in [0.1, 0.15) is 5.56 Å². The standard InChI is InChI=1S/C18H26BrN5O5S2/c1-27-15-5-4-12(10-13(15)19)11-14(24-29-3)17(25)22-7-9-31-30-8-6-21-16(23-20)18(26)28-2/h4-5,10H,6-9,11,20H2,1-3H3,(H,21,23)(H,22,25)/b24-14+. The molecule has 0 bridgehead atoms. The molecule has 1 aromatic carbocycles. The maximum Gasteiger partial charge on any atom is 0.374 e. The molecule has 172 valence electrons. The number of esters is 1. The van der Waals surface area contributed by atoms with E-state index in [4.69, 9.17) is 15.4 Å². The number of oxime groups is 1. The summed E-state index contributed by atoms with van der Waals surface area (Å²) in [5.74, 6) is 6.36. The van der Waals surface area contributed by atoms with Crippen molar-refractivity contribution in [1.29, 1.82) is 0 Å². The molecule has 0 radical (unpaired) electrons. The van der Waals surface area contributed by atoms with Gasteiger partial charge in [-0.3, -0.25) is 9.79 Å². The van der Waals surface area contributed by atoms with Crippen molar-refractivity contribution in [3.63, 3.8) is 0 Å². The van der Waals surface area contributed by atoms with Gasteiger partial charge >= 0.3 is 5.97 Å². The largest absolute Gasteiger partial charge is 0.496 e. The summed E-state index contributed by atoms with van der Waals surface area (Å²) >= 11 is 3.43. The third-order valence-electron chi connectivity index (χ3n) is 3.57. The summed E-state index contributed by atoms with van der Waals surface area (Å²) in [5, 5.41) is 6.68. The van der Waals surface area contributed by atoms with Gasteiger partial charge in [0.1, 0.15) is 18.6 Å². The fraction of sp³-hybridized carbons (Fsp3) is 0.444. The summed E-state index contributed by atoms with van der Waals surface area (Å²) < 4.78 is 10.5. The van der Waals surface area contributed by atoms with E-state index in [1.807, 2.05) is 18.2 Å². The number of halogens is 1. The van der Waals surface area contributed by atoms with Gasteiger partial charge in [0.05, 0.1) is 25.2 Å². The minimum atomic E-state index is -0.613. The maximum atomic E-state index is 12.4. The minimum Gasteiger partial charge on any atom is -0.496 e. The van der Waals surface area contributed by atoms with E-state index < -0.39 is 5.97 Å². The molecule has 0 fully saturated rings. The number of hydrazine groups is 1. The number of benzene rings is 1. The number of hydrogen-bond donors (Lipinski definition) is 3. The Morgan fingerprint density at radius 1 is 1.19 bits per heavy atom. The number of amides is 1. The van der Waals surface area contributed by atoms with Crippen LogP contribution in [0.15, 0.2) is 32.8 Å². The van der Waals surface area contributed by atoms with E-state index in [9.17, 15) is 9.59 Å². The molecule has 0 aliphatic heterocycles. The molecule has 1 amide bonds. The van der Waals surface area contributed by atoms with Crippen LogP contribution in [0.3, 0.4) is 0 Å². The zero-order chi connectivity index (χ0) is 23.1. The Morgan fingerprint density at radius 2 is 1.94 bits per heavy atom. The summed E-state index contributed by atoms with van der Waals surface area (Å²) in [6.45, 7) is 0.868. The van der Waals surface area contributed by atoms with Crippen LogP contribution in [0.5, 0.6) is 5.75 Å². The Morgan fingerprint density at radius 3 is 2.55 bits per heavy atom. The first-order valence-electron chi connectivity index (χ1n) is 9.01. The number of ether oxygens (including phenoxy) is 2. The predicted molar refractivity (Wildman–Crippen MR) is 128 cm³/mol. The topological polar surface area (TPSA) is 137 Å². The van der Waals surface area contributed by atoms with Crippen LogP contribution in [0.2, 0.25) is 0 Å². The molecule has 1 aromatic rings. The number of hydrogen-bond acceptors (Lipinski definition) is 10. The van der Waals surface area contributed by atoms with Gasteiger partial charge in [-0.2, -0.15) is 0 Å². The van der Waals surface area contributed by atoms with Crippen molar-refractivity contribution in [2.45, 2.75) is 6.42 Å². The highest BCUT2D eigenvalue weighted by molar-refractivity contribution is 9.10. The number of nitrogens with two attached hydrogens (primary N) is 1. The first-order chi connectivity index (χ1) is 15.0. The van der Waals surface area contributed by atoms with Gasteiger partial charge in [-0.15, -0.1) is 0 Å². The minimum absolute atomic E-state index is 0.0192. The molecule has 0 saturated heterocycles. The van der Waals surface area contributed by atoms with Gasteiger partial charge in [0.25, 0.3) is 5.91 Å². The van der Waals surface area contributed by atoms with Gasteiger partial charge in [0.15, 0.2) is 0 Å². The molecule has 0 heterocycles. The van der Waals surface area contributed by atoms with E-state index in [-0.39, 0.29) is 17.5 Å². The highest BCUT2D eigenvalue weighted by Gasteiger charge is 2.14. The zero-order valence-electron chi connectivity index (χ0n) is 17.5. The second-order valence-electron chi connectivity index (χ2n) is 5.63. The van der Waals surface area contributed by atoms with E-state index >= 15 is 0 Å². The predicted octanol–water partition coefficient (Wildman–Crippen LogP) is 1.53. The normalized spacial score (nSPS) is 11.6. The van der Waals surface area contributed by atoms with Crippen molar-refractivity contribution in [1.82, 2.24) is 10.7 Å². The van der Waals surface area contributed by atoms with Crippen molar-refractivity contribution in [3.05, 3.63) is 28.2 Å². The Hall–Kier alpha value is -1.96. The Balaban J connectivity index is 2.37. The second kappa shape index (κ2) is 15.8. The number of nitrogens with one attached hydrogen (secondary N) is 2.